The third-order valence-corrected chi connectivity index (χ3v) is 3.18. The lowest BCUT2D eigenvalue weighted by molar-refractivity contribution is 0.475. The average Bonchev–Trinajstić information content (AvgIpc) is 2.60. The first-order valence-electron chi connectivity index (χ1n) is 6.28. The largest absolute Gasteiger partial charge is 0.301 e. The molecular formula is C12H23N3S. The zero-order valence-corrected chi connectivity index (χ0v) is 11.6. The summed E-state index contributed by atoms with van der Waals surface area (Å²) in [4.78, 5) is 0. The molecule has 0 amide bonds. The molecule has 1 aromatic rings. The van der Waals surface area contributed by atoms with Crippen molar-refractivity contribution in [1.29, 1.82) is 0 Å². The van der Waals surface area contributed by atoms with Crippen LogP contribution in [0.1, 0.15) is 71.2 Å². The van der Waals surface area contributed by atoms with Crippen LogP contribution in [-0.4, -0.2) is 14.8 Å². The maximum Gasteiger partial charge on any atom is 0.195 e. The molecule has 0 atom stereocenters. The summed E-state index contributed by atoms with van der Waals surface area (Å²) in [6, 6.07) is 0.387. The Kier molecular flexibility index (Phi) is 5.19. The van der Waals surface area contributed by atoms with E-state index in [1.165, 1.54) is 25.7 Å². The van der Waals surface area contributed by atoms with Crippen molar-refractivity contribution < 1.29 is 0 Å². The van der Waals surface area contributed by atoms with Crippen molar-refractivity contribution in [3.63, 3.8) is 0 Å². The lowest BCUT2D eigenvalue weighted by atomic mass is 9.97. The van der Waals surface area contributed by atoms with E-state index in [-0.39, 0.29) is 0 Å². The summed E-state index contributed by atoms with van der Waals surface area (Å²) in [7, 11) is 0. The van der Waals surface area contributed by atoms with Crippen molar-refractivity contribution in [2.45, 2.75) is 65.3 Å². The summed E-state index contributed by atoms with van der Waals surface area (Å²) in [6.45, 7) is 8.76. The predicted molar refractivity (Wildman–Crippen MR) is 70.4 cm³/mol. The highest BCUT2D eigenvalue weighted by molar-refractivity contribution is 7.71. The van der Waals surface area contributed by atoms with Crippen molar-refractivity contribution in [1.82, 2.24) is 14.8 Å². The van der Waals surface area contributed by atoms with Crippen LogP contribution in [-0.2, 0) is 0 Å². The van der Waals surface area contributed by atoms with Gasteiger partial charge >= 0.3 is 0 Å². The highest BCUT2D eigenvalue weighted by atomic mass is 32.1. The topological polar surface area (TPSA) is 33.6 Å². The second kappa shape index (κ2) is 6.18. The molecule has 0 aliphatic heterocycles. The van der Waals surface area contributed by atoms with Crippen molar-refractivity contribution in [3.05, 3.63) is 10.6 Å². The number of nitrogens with zero attached hydrogens (tertiary/aromatic N) is 2. The van der Waals surface area contributed by atoms with Gasteiger partial charge in [-0.15, -0.1) is 0 Å². The molecule has 1 rings (SSSR count). The van der Waals surface area contributed by atoms with Gasteiger partial charge in [0.2, 0.25) is 0 Å². The summed E-state index contributed by atoms with van der Waals surface area (Å²) in [6.07, 6.45) is 4.78. The molecular weight excluding hydrogens is 218 g/mol. The molecule has 0 unspecified atom stereocenters. The summed E-state index contributed by atoms with van der Waals surface area (Å²) in [5.74, 6) is 1.69. The Balaban J connectivity index is 3.03. The Morgan fingerprint density at radius 2 is 1.81 bits per heavy atom. The number of rotatable bonds is 6. The number of hydrogen-bond acceptors (Lipinski definition) is 2. The van der Waals surface area contributed by atoms with E-state index >= 15 is 0 Å². The predicted octanol–water partition coefficient (Wildman–Crippen LogP) is 4.21. The summed E-state index contributed by atoms with van der Waals surface area (Å²) in [5, 5.41) is 7.35. The van der Waals surface area contributed by atoms with E-state index in [4.69, 9.17) is 12.2 Å². The van der Waals surface area contributed by atoms with E-state index in [1.54, 1.807) is 0 Å². The van der Waals surface area contributed by atoms with Gasteiger partial charge in [0.15, 0.2) is 4.77 Å². The van der Waals surface area contributed by atoms with Crippen molar-refractivity contribution >= 4 is 12.2 Å². The van der Waals surface area contributed by atoms with Gasteiger partial charge in [-0.25, -0.2) is 0 Å². The van der Waals surface area contributed by atoms with E-state index in [0.717, 1.165) is 10.6 Å². The first kappa shape index (κ1) is 13.4. The summed E-state index contributed by atoms with van der Waals surface area (Å²) >= 11 is 5.28. The van der Waals surface area contributed by atoms with Crippen LogP contribution in [0.25, 0.3) is 0 Å². The molecule has 0 saturated heterocycles. The lowest BCUT2D eigenvalue weighted by Crippen LogP contribution is -2.11. The third-order valence-electron chi connectivity index (χ3n) is 2.89. The quantitative estimate of drug-likeness (QED) is 0.757. The maximum absolute atomic E-state index is 5.28. The monoisotopic (exact) mass is 241 g/mol. The summed E-state index contributed by atoms with van der Waals surface area (Å²) < 4.78 is 2.91. The second-order valence-electron chi connectivity index (χ2n) is 4.62. The molecule has 0 fully saturated rings. The van der Waals surface area contributed by atoms with Gasteiger partial charge in [-0.2, -0.15) is 5.10 Å². The fraction of sp³-hybridized carbons (Fsp3) is 0.833. The van der Waals surface area contributed by atoms with Gasteiger partial charge in [0.05, 0.1) is 0 Å². The third kappa shape index (κ3) is 2.94. The number of H-pyrrole nitrogens is 1. The van der Waals surface area contributed by atoms with E-state index < -0.39 is 0 Å². The smallest absolute Gasteiger partial charge is 0.195 e. The zero-order valence-electron chi connectivity index (χ0n) is 10.8. The molecule has 3 nitrogen and oxygen atoms in total. The van der Waals surface area contributed by atoms with Crippen molar-refractivity contribution in [3.8, 4) is 0 Å². The number of hydrogen-bond donors (Lipinski definition) is 1. The van der Waals surface area contributed by atoms with E-state index in [0.29, 0.717) is 12.0 Å². The van der Waals surface area contributed by atoms with E-state index in [2.05, 4.69) is 42.5 Å². The van der Waals surface area contributed by atoms with Crippen LogP contribution >= 0.6 is 12.2 Å². The van der Waals surface area contributed by atoms with Crippen LogP contribution in [0.5, 0.6) is 0 Å². The molecule has 92 valence electrons. The Morgan fingerprint density at radius 1 is 1.25 bits per heavy atom. The van der Waals surface area contributed by atoms with E-state index in [9.17, 15) is 0 Å². The highest BCUT2D eigenvalue weighted by Crippen LogP contribution is 2.26. The van der Waals surface area contributed by atoms with Gasteiger partial charge in [0.1, 0.15) is 5.82 Å². The van der Waals surface area contributed by atoms with E-state index in [1.807, 2.05) is 0 Å². The highest BCUT2D eigenvalue weighted by Gasteiger charge is 2.18. The Bertz CT molecular complexity index is 359. The van der Waals surface area contributed by atoms with Crippen LogP contribution in [0.15, 0.2) is 0 Å². The van der Waals surface area contributed by atoms with Crippen LogP contribution in [0.2, 0.25) is 0 Å². The van der Waals surface area contributed by atoms with Gasteiger partial charge in [0.25, 0.3) is 0 Å². The minimum absolute atomic E-state index is 0.387. The van der Waals surface area contributed by atoms with Gasteiger partial charge < -0.3 is 4.57 Å². The molecule has 16 heavy (non-hydrogen) atoms. The van der Waals surface area contributed by atoms with Crippen LogP contribution in [0.4, 0.5) is 0 Å². The molecule has 0 aliphatic rings. The molecule has 0 aliphatic carbocycles. The maximum atomic E-state index is 5.28. The summed E-state index contributed by atoms with van der Waals surface area (Å²) in [5.41, 5.74) is 0. The van der Waals surface area contributed by atoms with Gasteiger partial charge in [-0.3, -0.25) is 5.10 Å². The fourth-order valence-electron chi connectivity index (χ4n) is 2.20. The minimum atomic E-state index is 0.387. The van der Waals surface area contributed by atoms with Gasteiger partial charge in [0, 0.05) is 12.0 Å². The second-order valence-corrected chi connectivity index (χ2v) is 5.01. The normalized spacial score (nSPS) is 11.6. The molecule has 0 radical (unpaired) electrons. The fourth-order valence-corrected chi connectivity index (χ4v) is 2.55. The molecule has 0 bridgehead atoms. The van der Waals surface area contributed by atoms with Crippen LogP contribution in [0.3, 0.4) is 0 Å². The molecule has 1 heterocycles. The molecule has 0 aromatic carbocycles. The molecule has 1 N–H and O–H groups in total. The molecule has 1 aromatic heterocycles. The number of aromatic amines is 1. The minimum Gasteiger partial charge on any atom is -0.301 e. The molecule has 0 spiro atoms. The van der Waals surface area contributed by atoms with Gasteiger partial charge in [-0.1, -0.05) is 26.7 Å². The SMILES string of the molecule is CCCC(CCC)c1n[nH]c(=S)n1C(C)C. The standard InChI is InChI=1S/C12H23N3S/c1-5-7-10(8-6-2)11-13-14-12(16)15(11)9(3)4/h9-10H,5-8H2,1-4H3,(H,14,16). The number of nitrogens with one attached hydrogen (secondary N) is 1. The Hall–Kier alpha value is -0.640. The lowest BCUT2D eigenvalue weighted by Gasteiger charge is -2.18. The first-order chi connectivity index (χ1) is 7.61. The zero-order chi connectivity index (χ0) is 12.1. The van der Waals surface area contributed by atoms with Crippen LogP contribution < -0.4 is 0 Å². The average molecular weight is 241 g/mol. The Labute approximate surface area is 103 Å². The van der Waals surface area contributed by atoms with Gasteiger partial charge in [-0.05, 0) is 38.9 Å². The first-order valence-corrected chi connectivity index (χ1v) is 6.69. The van der Waals surface area contributed by atoms with Crippen molar-refractivity contribution in [2.24, 2.45) is 0 Å². The Morgan fingerprint density at radius 3 is 2.25 bits per heavy atom. The van der Waals surface area contributed by atoms with Crippen LogP contribution in [0, 0.1) is 4.77 Å². The number of aromatic nitrogens is 3. The molecule has 4 heteroatoms. The van der Waals surface area contributed by atoms with Crippen molar-refractivity contribution in [2.75, 3.05) is 0 Å². The molecule has 0 saturated carbocycles.